The van der Waals surface area contributed by atoms with E-state index in [1.807, 2.05) is 17.5 Å². The Kier molecular flexibility index (Phi) is 4.16. The third kappa shape index (κ3) is 2.74. The van der Waals surface area contributed by atoms with Gasteiger partial charge in [-0.3, -0.25) is 4.79 Å². The van der Waals surface area contributed by atoms with Gasteiger partial charge >= 0.3 is 0 Å². The third-order valence-electron chi connectivity index (χ3n) is 3.94. The van der Waals surface area contributed by atoms with Crippen LogP contribution in [0.5, 0.6) is 0 Å². The number of benzene rings is 1. The van der Waals surface area contributed by atoms with Crippen LogP contribution >= 0.6 is 11.3 Å². The molecule has 0 aliphatic carbocycles. The molecule has 0 unspecified atom stereocenters. The van der Waals surface area contributed by atoms with Crippen molar-refractivity contribution in [1.29, 1.82) is 0 Å². The van der Waals surface area contributed by atoms with Crippen molar-refractivity contribution in [2.24, 2.45) is 0 Å². The van der Waals surface area contributed by atoms with Crippen molar-refractivity contribution in [2.45, 2.75) is 30.7 Å². The molecule has 1 aromatic heterocycles. The van der Waals surface area contributed by atoms with Gasteiger partial charge in [0.25, 0.3) is 0 Å². The van der Waals surface area contributed by atoms with E-state index in [0.29, 0.717) is 12.1 Å². The third-order valence-corrected chi connectivity index (χ3v) is 6.84. The van der Waals surface area contributed by atoms with Crippen LogP contribution in [0.1, 0.15) is 41.0 Å². The van der Waals surface area contributed by atoms with E-state index in [9.17, 15) is 13.2 Å². The molecule has 1 saturated heterocycles. The largest absolute Gasteiger partial charge is 0.295 e. The first-order chi connectivity index (χ1) is 10.5. The molecule has 0 spiro atoms. The maximum absolute atomic E-state index is 12.9. The van der Waals surface area contributed by atoms with Crippen LogP contribution in [0.15, 0.2) is 46.7 Å². The number of Topliss-reactive ketones (excluding diaryl/α,β-unsaturated/α-hetero) is 1. The van der Waals surface area contributed by atoms with Gasteiger partial charge in [-0.05, 0) is 43.3 Å². The Hall–Kier alpha value is -1.50. The summed E-state index contributed by atoms with van der Waals surface area (Å²) in [5, 5.41) is 1.97. The minimum Gasteiger partial charge on any atom is -0.295 e. The van der Waals surface area contributed by atoms with E-state index in [1.54, 1.807) is 27.8 Å². The molecular formula is C16H17NO3S2. The van der Waals surface area contributed by atoms with Gasteiger partial charge in [0.05, 0.1) is 10.9 Å². The smallest absolute Gasteiger partial charge is 0.243 e. The number of nitrogens with zero attached hydrogens (tertiary/aromatic N) is 1. The molecule has 22 heavy (non-hydrogen) atoms. The molecule has 1 atom stereocenters. The molecule has 0 radical (unpaired) electrons. The second kappa shape index (κ2) is 5.95. The molecular weight excluding hydrogens is 318 g/mol. The van der Waals surface area contributed by atoms with E-state index in [-0.39, 0.29) is 16.7 Å². The van der Waals surface area contributed by atoms with Gasteiger partial charge in [0.15, 0.2) is 5.78 Å². The molecule has 1 fully saturated rings. The zero-order valence-corrected chi connectivity index (χ0v) is 13.9. The number of rotatable bonds is 4. The van der Waals surface area contributed by atoms with Gasteiger partial charge in [-0.25, -0.2) is 8.42 Å². The highest BCUT2D eigenvalue weighted by Gasteiger charge is 2.36. The van der Waals surface area contributed by atoms with Crippen LogP contribution in [0.2, 0.25) is 0 Å². The SMILES string of the molecule is CC(=O)c1ccc(S(=O)(=O)N2CCC[C@@H]2c2cccs2)cc1. The number of hydrogen-bond acceptors (Lipinski definition) is 4. The van der Waals surface area contributed by atoms with Gasteiger partial charge in [0, 0.05) is 17.0 Å². The summed E-state index contributed by atoms with van der Waals surface area (Å²) < 4.78 is 27.3. The van der Waals surface area contributed by atoms with Gasteiger partial charge in [-0.1, -0.05) is 18.2 Å². The lowest BCUT2D eigenvalue weighted by atomic mass is 10.2. The molecule has 116 valence electrons. The predicted octanol–water partition coefficient (Wildman–Crippen LogP) is 3.48. The Morgan fingerprint density at radius 2 is 1.95 bits per heavy atom. The maximum atomic E-state index is 12.9. The average molecular weight is 335 g/mol. The van der Waals surface area contributed by atoms with E-state index >= 15 is 0 Å². The molecule has 1 aromatic carbocycles. The molecule has 1 aliphatic heterocycles. The van der Waals surface area contributed by atoms with Crippen LogP contribution in [0.4, 0.5) is 0 Å². The lowest BCUT2D eigenvalue weighted by Crippen LogP contribution is -2.30. The van der Waals surface area contributed by atoms with E-state index in [4.69, 9.17) is 0 Å². The number of thiophene rings is 1. The number of carbonyl (C=O) groups excluding carboxylic acids is 1. The molecule has 3 rings (SSSR count). The molecule has 6 heteroatoms. The predicted molar refractivity (Wildman–Crippen MR) is 86.6 cm³/mol. The van der Waals surface area contributed by atoms with Crippen LogP contribution in [0, 0.1) is 0 Å². The summed E-state index contributed by atoms with van der Waals surface area (Å²) in [5.41, 5.74) is 0.523. The highest BCUT2D eigenvalue weighted by atomic mass is 32.2. The molecule has 0 N–H and O–H groups in total. The summed E-state index contributed by atoms with van der Waals surface area (Å²) in [6.45, 7) is 2.01. The monoisotopic (exact) mass is 335 g/mol. The van der Waals surface area contributed by atoms with Gasteiger partial charge < -0.3 is 0 Å². The normalized spacial score (nSPS) is 19.4. The van der Waals surface area contributed by atoms with Crippen LogP contribution in [0.25, 0.3) is 0 Å². The fraction of sp³-hybridized carbons (Fsp3) is 0.312. The fourth-order valence-corrected chi connectivity index (χ4v) is 5.40. The first-order valence-corrected chi connectivity index (χ1v) is 9.48. The Morgan fingerprint density at radius 1 is 1.23 bits per heavy atom. The molecule has 2 heterocycles. The topological polar surface area (TPSA) is 54.5 Å². The fourth-order valence-electron chi connectivity index (χ4n) is 2.79. The number of ketones is 1. The standard InChI is InChI=1S/C16H17NO3S2/c1-12(18)13-6-8-14(9-7-13)22(19,20)17-10-2-4-15(17)16-5-3-11-21-16/h3,5-9,11,15H,2,4,10H2,1H3/t15-/m1/s1. The van der Waals surface area contributed by atoms with Crippen molar-refractivity contribution in [1.82, 2.24) is 4.31 Å². The van der Waals surface area contributed by atoms with Crippen LogP contribution < -0.4 is 0 Å². The lowest BCUT2D eigenvalue weighted by molar-refractivity contribution is 0.101. The Bertz CT molecular complexity index is 764. The highest BCUT2D eigenvalue weighted by molar-refractivity contribution is 7.89. The number of carbonyl (C=O) groups is 1. The summed E-state index contributed by atoms with van der Waals surface area (Å²) in [6.07, 6.45) is 1.72. The molecule has 1 aliphatic rings. The van der Waals surface area contributed by atoms with Gasteiger partial charge in [-0.15, -0.1) is 11.3 Å². The van der Waals surface area contributed by atoms with Crippen molar-refractivity contribution >= 4 is 27.1 Å². The van der Waals surface area contributed by atoms with E-state index in [0.717, 1.165) is 17.7 Å². The summed E-state index contributed by atoms with van der Waals surface area (Å²) in [7, 11) is -3.53. The Morgan fingerprint density at radius 3 is 2.55 bits per heavy atom. The van der Waals surface area contributed by atoms with Gasteiger partial charge in [0.2, 0.25) is 10.0 Å². The van der Waals surface area contributed by atoms with E-state index in [2.05, 4.69) is 0 Å². The van der Waals surface area contributed by atoms with E-state index < -0.39 is 10.0 Å². The van der Waals surface area contributed by atoms with E-state index in [1.165, 1.54) is 19.1 Å². The number of hydrogen-bond donors (Lipinski definition) is 0. The molecule has 0 saturated carbocycles. The van der Waals surface area contributed by atoms with Gasteiger partial charge in [0.1, 0.15) is 0 Å². The zero-order chi connectivity index (χ0) is 15.7. The minimum absolute atomic E-state index is 0.0680. The molecule has 4 nitrogen and oxygen atoms in total. The lowest BCUT2D eigenvalue weighted by Gasteiger charge is -2.23. The first-order valence-electron chi connectivity index (χ1n) is 7.16. The summed E-state index contributed by atoms with van der Waals surface area (Å²) in [4.78, 5) is 12.6. The maximum Gasteiger partial charge on any atom is 0.243 e. The summed E-state index contributed by atoms with van der Waals surface area (Å²) in [5.74, 6) is -0.0680. The second-order valence-electron chi connectivity index (χ2n) is 5.37. The highest BCUT2D eigenvalue weighted by Crippen LogP contribution is 2.38. The van der Waals surface area contributed by atoms with Crippen LogP contribution in [-0.2, 0) is 10.0 Å². The summed E-state index contributed by atoms with van der Waals surface area (Å²) in [6, 6.07) is 10.1. The Labute approximate surface area is 134 Å². The number of sulfonamides is 1. The molecule has 2 aromatic rings. The quantitative estimate of drug-likeness (QED) is 0.804. The zero-order valence-electron chi connectivity index (χ0n) is 12.2. The van der Waals surface area contributed by atoms with Gasteiger partial charge in [-0.2, -0.15) is 4.31 Å². The van der Waals surface area contributed by atoms with Crippen molar-refractivity contribution in [3.8, 4) is 0 Å². The first kappa shape index (κ1) is 15.4. The minimum atomic E-state index is -3.53. The second-order valence-corrected chi connectivity index (χ2v) is 8.24. The van der Waals surface area contributed by atoms with Crippen molar-refractivity contribution in [2.75, 3.05) is 6.54 Å². The van der Waals surface area contributed by atoms with Crippen molar-refractivity contribution in [3.63, 3.8) is 0 Å². The average Bonchev–Trinajstić information content (AvgIpc) is 3.18. The van der Waals surface area contributed by atoms with Crippen LogP contribution in [-0.4, -0.2) is 25.1 Å². The Balaban J connectivity index is 1.93. The molecule has 0 bridgehead atoms. The van der Waals surface area contributed by atoms with Crippen LogP contribution in [0.3, 0.4) is 0 Å². The summed E-state index contributed by atoms with van der Waals surface area (Å²) >= 11 is 1.59. The molecule has 0 amide bonds. The van der Waals surface area contributed by atoms with Crippen molar-refractivity contribution in [3.05, 3.63) is 52.2 Å². The van der Waals surface area contributed by atoms with Crippen molar-refractivity contribution < 1.29 is 13.2 Å².